The van der Waals surface area contributed by atoms with Gasteiger partial charge in [0.2, 0.25) is 0 Å². The van der Waals surface area contributed by atoms with Gasteiger partial charge in [0.1, 0.15) is 5.75 Å². The lowest BCUT2D eigenvalue weighted by Crippen LogP contribution is -2.12. The summed E-state index contributed by atoms with van der Waals surface area (Å²) in [5.74, 6) is 0.592. The molecule has 0 aliphatic heterocycles. The van der Waals surface area contributed by atoms with Gasteiger partial charge in [-0.15, -0.1) is 0 Å². The van der Waals surface area contributed by atoms with Crippen molar-refractivity contribution < 1.29 is 14.3 Å². The number of carbonyl (C=O) groups excluding carboxylic acids is 1. The van der Waals surface area contributed by atoms with Gasteiger partial charge in [-0.2, -0.15) is 0 Å². The summed E-state index contributed by atoms with van der Waals surface area (Å²) in [7, 11) is 0. The third-order valence-corrected chi connectivity index (χ3v) is 4.94. The summed E-state index contributed by atoms with van der Waals surface area (Å²) in [6.07, 6.45) is 5.89. The molecule has 0 amide bonds. The Morgan fingerprint density at radius 3 is 2.44 bits per heavy atom. The standard InChI is InChI=1S/C24H28O3/c1-3-5-6-7-10-15-26-24(25)27-23-21-12-9-8-11-19(21)17-20-14-13-18(4-2)16-22(20)23/h8-9,11-14,16-17H,3-7,10,15H2,1-2H3. The molecule has 0 bridgehead atoms. The Labute approximate surface area is 161 Å². The lowest BCUT2D eigenvalue weighted by Gasteiger charge is -2.13. The molecule has 0 N–H and O–H groups in total. The van der Waals surface area contributed by atoms with Crippen LogP contribution in [0.25, 0.3) is 21.5 Å². The smallest absolute Gasteiger partial charge is 0.434 e. The summed E-state index contributed by atoms with van der Waals surface area (Å²) in [4.78, 5) is 12.3. The minimum absolute atomic E-state index is 0.408. The van der Waals surface area contributed by atoms with Gasteiger partial charge in [0, 0.05) is 10.8 Å². The minimum atomic E-state index is -0.620. The first kappa shape index (κ1) is 19.2. The molecule has 0 radical (unpaired) electrons. The highest BCUT2D eigenvalue weighted by Gasteiger charge is 2.14. The predicted octanol–water partition coefficient (Wildman–Crippen LogP) is 7.04. The van der Waals surface area contributed by atoms with Crippen molar-refractivity contribution in [2.75, 3.05) is 6.61 Å². The van der Waals surface area contributed by atoms with Gasteiger partial charge in [0.25, 0.3) is 0 Å². The van der Waals surface area contributed by atoms with Crippen LogP contribution in [0.1, 0.15) is 51.5 Å². The fourth-order valence-electron chi connectivity index (χ4n) is 3.37. The zero-order valence-corrected chi connectivity index (χ0v) is 16.3. The summed E-state index contributed by atoms with van der Waals surface area (Å²) < 4.78 is 11.0. The fourth-order valence-corrected chi connectivity index (χ4v) is 3.37. The van der Waals surface area contributed by atoms with Crippen molar-refractivity contribution in [2.45, 2.75) is 52.4 Å². The van der Waals surface area contributed by atoms with Crippen LogP contribution in [0.15, 0.2) is 48.5 Å². The van der Waals surface area contributed by atoms with E-state index in [2.05, 4.69) is 38.1 Å². The molecule has 0 aliphatic carbocycles. The van der Waals surface area contributed by atoms with E-state index < -0.39 is 6.16 Å². The Morgan fingerprint density at radius 1 is 0.852 bits per heavy atom. The van der Waals surface area contributed by atoms with E-state index in [4.69, 9.17) is 9.47 Å². The van der Waals surface area contributed by atoms with E-state index in [0.29, 0.717) is 12.4 Å². The molecular formula is C24H28O3. The Bertz CT molecular complexity index is 914. The monoisotopic (exact) mass is 364 g/mol. The van der Waals surface area contributed by atoms with Gasteiger partial charge in [0.15, 0.2) is 0 Å². The minimum Gasteiger partial charge on any atom is -0.434 e. The summed E-state index contributed by atoms with van der Waals surface area (Å²) in [5.41, 5.74) is 1.21. The van der Waals surface area contributed by atoms with Crippen LogP contribution in [0.2, 0.25) is 0 Å². The molecule has 3 heteroatoms. The van der Waals surface area contributed by atoms with Crippen LogP contribution in [0, 0.1) is 0 Å². The largest absolute Gasteiger partial charge is 0.513 e. The van der Waals surface area contributed by atoms with Crippen LogP contribution in [0.4, 0.5) is 4.79 Å². The molecule has 0 heterocycles. The summed E-state index contributed by atoms with van der Waals surface area (Å²) >= 11 is 0. The first-order valence-electron chi connectivity index (χ1n) is 10.0. The van der Waals surface area contributed by atoms with Gasteiger partial charge >= 0.3 is 6.16 Å². The molecular weight excluding hydrogens is 336 g/mol. The molecule has 0 aromatic heterocycles. The molecule has 3 aromatic rings. The van der Waals surface area contributed by atoms with Gasteiger partial charge in [-0.3, -0.25) is 0 Å². The van der Waals surface area contributed by atoms with Gasteiger partial charge in [0.05, 0.1) is 6.61 Å². The van der Waals surface area contributed by atoms with Crippen LogP contribution in [-0.4, -0.2) is 12.8 Å². The van der Waals surface area contributed by atoms with Crippen LogP contribution in [0.5, 0.6) is 5.75 Å². The zero-order valence-electron chi connectivity index (χ0n) is 16.3. The maximum absolute atomic E-state index is 12.3. The molecule has 0 saturated heterocycles. The molecule has 3 aromatic carbocycles. The molecule has 0 atom stereocenters. The Kier molecular flexibility index (Phi) is 6.69. The van der Waals surface area contributed by atoms with E-state index in [-0.39, 0.29) is 0 Å². The lowest BCUT2D eigenvalue weighted by molar-refractivity contribution is 0.0982. The molecule has 0 unspecified atom stereocenters. The van der Waals surface area contributed by atoms with Crippen LogP contribution in [0.3, 0.4) is 0 Å². The molecule has 142 valence electrons. The highest BCUT2D eigenvalue weighted by Crippen LogP contribution is 2.35. The van der Waals surface area contributed by atoms with Crippen molar-refractivity contribution in [2.24, 2.45) is 0 Å². The third kappa shape index (κ3) is 4.79. The summed E-state index contributed by atoms with van der Waals surface area (Å²) in [6.45, 7) is 4.72. The van der Waals surface area contributed by atoms with Crippen molar-refractivity contribution >= 4 is 27.7 Å². The topological polar surface area (TPSA) is 35.5 Å². The molecule has 3 rings (SSSR count). The fraction of sp³-hybridized carbons (Fsp3) is 0.375. The highest BCUT2D eigenvalue weighted by molar-refractivity contribution is 6.06. The van der Waals surface area contributed by atoms with E-state index in [0.717, 1.165) is 40.8 Å². The summed E-state index contributed by atoms with van der Waals surface area (Å²) in [6, 6.07) is 16.4. The van der Waals surface area contributed by atoms with Crippen molar-refractivity contribution in [3.8, 4) is 5.75 Å². The molecule has 27 heavy (non-hydrogen) atoms. The summed E-state index contributed by atoms with van der Waals surface area (Å²) in [5, 5.41) is 4.00. The van der Waals surface area contributed by atoms with Crippen molar-refractivity contribution in [1.29, 1.82) is 0 Å². The number of benzene rings is 3. The third-order valence-electron chi connectivity index (χ3n) is 4.94. The average Bonchev–Trinajstić information content (AvgIpc) is 2.70. The quantitative estimate of drug-likeness (QED) is 0.186. The van der Waals surface area contributed by atoms with E-state index in [1.165, 1.54) is 24.8 Å². The van der Waals surface area contributed by atoms with E-state index in [1.54, 1.807) is 0 Å². The van der Waals surface area contributed by atoms with E-state index in [1.807, 2.05) is 24.3 Å². The van der Waals surface area contributed by atoms with Crippen LogP contribution >= 0.6 is 0 Å². The van der Waals surface area contributed by atoms with Crippen molar-refractivity contribution in [3.63, 3.8) is 0 Å². The number of hydrogen-bond acceptors (Lipinski definition) is 3. The van der Waals surface area contributed by atoms with Gasteiger partial charge in [-0.25, -0.2) is 4.79 Å². The molecule has 0 aliphatic rings. The number of fused-ring (bicyclic) bond motifs is 2. The normalized spacial score (nSPS) is 11.0. The first-order chi connectivity index (χ1) is 13.2. The molecule has 0 spiro atoms. The second-order valence-corrected chi connectivity index (χ2v) is 6.95. The van der Waals surface area contributed by atoms with Gasteiger partial charge in [-0.05, 0) is 41.3 Å². The van der Waals surface area contributed by atoms with E-state index >= 15 is 0 Å². The number of carbonyl (C=O) groups is 1. The Hall–Kier alpha value is -2.55. The second kappa shape index (κ2) is 9.40. The SMILES string of the molecule is CCCCCCCOC(=O)Oc1c2ccccc2cc2ccc(CC)cc12. The average molecular weight is 364 g/mol. The van der Waals surface area contributed by atoms with Crippen molar-refractivity contribution in [1.82, 2.24) is 0 Å². The zero-order chi connectivity index (χ0) is 19.1. The van der Waals surface area contributed by atoms with Gasteiger partial charge in [-0.1, -0.05) is 75.9 Å². The second-order valence-electron chi connectivity index (χ2n) is 6.95. The number of unbranched alkanes of at least 4 members (excludes halogenated alkanes) is 4. The van der Waals surface area contributed by atoms with Gasteiger partial charge < -0.3 is 9.47 Å². The van der Waals surface area contributed by atoms with Crippen LogP contribution < -0.4 is 4.74 Å². The predicted molar refractivity (Wildman–Crippen MR) is 112 cm³/mol. The molecule has 0 saturated carbocycles. The lowest BCUT2D eigenvalue weighted by atomic mass is 9.99. The maximum Gasteiger partial charge on any atom is 0.513 e. The number of rotatable bonds is 8. The number of aryl methyl sites for hydroxylation is 1. The first-order valence-corrected chi connectivity index (χ1v) is 10.0. The maximum atomic E-state index is 12.3. The van der Waals surface area contributed by atoms with Crippen molar-refractivity contribution in [3.05, 3.63) is 54.1 Å². The molecule has 3 nitrogen and oxygen atoms in total. The van der Waals surface area contributed by atoms with E-state index in [9.17, 15) is 4.79 Å². The molecule has 0 fully saturated rings. The Balaban J connectivity index is 1.81. The number of hydrogen-bond donors (Lipinski definition) is 0. The number of ether oxygens (including phenoxy) is 2. The highest BCUT2D eigenvalue weighted by atomic mass is 16.7. The Morgan fingerprint density at radius 2 is 1.63 bits per heavy atom. The van der Waals surface area contributed by atoms with Crippen LogP contribution in [-0.2, 0) is 11.2 Å².